The van der Waals surface area contributed by atoms with Crippen LogP contribution in [0.25, 0.3) is 0 Å². The van der Waals surface area contributed by atoms with E-state index in [1.54, 1.807) is 18.4 Å². The summed E-state index contributed by atoms with van der Waals surface area (Å²) in [4.78, 5) is 6.71. The van der Waals surface area contributed by atoms with Crippen LogP contribution in [0.5, 0.6) is 0 Å². The maximum atomic E-state index is 5.34. The van der Waals surface area contributed by atoms with Crippen molar-refractivity contribution in [1.82, 2.24) is 24.9 Å². The average molecular weight is 279 g/mol. The van der Waals surface area contributed by atoms with Gasteiger partial charge in [-0.1, -0.05) is 5.21 Å². The Balaban J connectivity index is 1.80. The van der Waals surface area contributed by atoms with Crippen LogP contribution in [0.1, 0.15) is 22.3 Å². The fraction of sp³-hybridized carbons (Fsp3) is 0.583. The van der Waals surface area contributed by atoms with Crippen molar-refractivity contribution in [3.05, 3.63) is 28.0 Å². The first kappa shape index (κ1) is 12.7. The van der Waals surface area contributed by atoms with E-state index in [1.165, 1.54) is 5.69 Å². The van der Waals surface area contributed by atoms with Gasteiger partial charge in [0.05, 0.1) is 18.8 Å². The quantitative estimate of drug-likeness (QED) is 0.836. The van der Waals surface area contributed by atoms with Gasteiger partial charge in [-0.3, -0.25) is 9.58 Å². The number of aromatic nitrogens is 4. The van der Waals surface area contributed by atoms with Crippen molar-refractivity contribution in [2.24, 2.45) is 7.05 Å². The monoisotopic (exact) mass is 279 g/mol. The molecule has 0 spiro atoms. The van der Waals surface area contributed by atoms with Crippen LogP contribution in [-0.4, -0.2) is 45.1 Å². The van der Waals surface area contributed by atoms with Gasteiger partial charge in [-0.2, -0.15) is 0 Å². The van der Waals surface area contributed by atoms with Crippen molar-refractivity contribution in [3.8, 4) is 0 Å². The molecule has 2 aromatic heterocycles. The number of fused-ring (bicyclic) bond motifs is 1. The van der Waals surface area contributed by atoms with E-state index >= 15 is 0 Å². The molecule has 0 saturated carbocycles. The Morgan fingerprint density at radius 1 is 1.53 bits per heavy atom. The predicted molar refractivity (Wildman–Crippen MR) is 71.8 cm³/mol. The summed E-state index contributed by atoms with van der Waals surface area (Å²) in [7, 11) is 3.69. The molecule has 0 fully saturated rings. The topological polar surface area (TPSA) is 56.1 Å². The normalized spacial score (nSPS) is 19.6. The summed E-state index contributed by atoms with van der Waals surface area (Å²) in [6, 6.07) is 0. The third kappa shape index (κ3) is 2.54. The summed E-state index contributed by atoms with van der Waals surface area (Å²) in [6.07, 6.45) is 1.85. The number of nitrogens with zero attached hydrogens (tertiary/aromatic N) is 5. The number of rotatable bonds is 4. The Bertz CT molecular complexity index is 538. The fourth-order valence-electron chi connectivity index (χ4n) is 2.67. The third-order valence-electron chi connectivity index (χ3n) is 3.39. The molecule has 0 N–H and O–H groups in total. The van der Waals surface area contributed by atoms with Gasteiger partial charge in [0.1, 0.15) is 10.7 Å². The minimum atomic E-state index is 0.328. The second kappa shape index (κ2) is 5.36. The first-order valence-electron chi connectivity index (χ1n) is 6.26. The minimum Gasteiger partial charge on any atom is -0.384 e. The van der Waals surface area contributed by atoms with Gasteiger partial charge in [0.15, 0.2) is 0 Å². The van der Waals surface area contributed by atoms with Crippen molar-refractivity contribution in [1.29, 1.82) is 0 Å². The molecule has 0 amide bonds. The molecule has 0 radical (unpaired) electrons. The first-order valence-corrected chi connectivity index (χ1v) is 7.14. The predicted octanol–water partition coefficient (Wildman–Crippen LogP) is 1.02. The zero-order valence-corrected chi connectivity index (χ0v) is 11.9. The van der Waals surface area contributed by atoms with Gasteiger partial charge in [0, 0.05) is 44.7 Å². The fourth-order valence-corrected chi connectivity index (χ4v) is 3.33. The van der Waals surface area contributed by atoms with Crippen LogP contribution in [0.2, 0.25) is 0 Å². The van der Waals surface area contributed by atoms with E-state index in [0.29, 0.717) is 12.5 Å². The van der Waals surface area contributed by atoms with Gasteiger partial charge < -0.3 is 4.74 Å². The van der Waals surface area contributed by atoms with Crippen molar-refractivity contribution >= 4 is 11.3 Å². The van der Waals surface area contributed by atoms with Crippen molar-refractivity contribution in [3.63, 3.8) is 0 Å². The molecule has 3 rings (SSSR count). The summed E-state index contributed by atoms with van der Waals surface area (Å²) >= 11 is 1.69. The molecular weight excluding hydrogens is 262 g/mol. The van der Waals surface area contributed by atoms with Gasteiger partial charge in [-0.05, 0) is 0 Å². The molecule has 0 bridgehead atoms. The van der Waals surface area contributed by atoms with E-state index in [1.807, 2.05) is 23.3 Å². The Labute approximate surface area is 116 Å². The highest BCUT2D eigenvalue weighted by molar-refractivity contribution is 7.09. The van der Waals surface area contributed by atoms with E-state index in [-0.39, 0.29) is 0 Å². The largest absolute Gasteiger partial charge is 0.384 e. The SMILES string of the molecule is COC[C@@H]1CN(Cc2nccs2)Cc2nnn(C)c21. The average Bonchev–Trinajstić information content (AvgIpc) is 3.00. The molecule has 0 unspecified atom stereocenters. The number of methoxy groups -OCH3 is 1. The first-order chi connectivity index (χ1) is 9.28. The maximum absolute atomic E-state index is 5.34. The number of hydrogen-bond donors (Lipinski definition) is 0. The molecule has 1 atom stereocenters. The number of hydrogen-bond acceptors (Lipinski definition) is 6. The van der Waals surface area contributed by atoms with Crippen LogP contribution in [-0.2, 0) is 24.9 Å². The number of thiazole rings is 1. The minimum absolute atomic E-state index is 0.328. The highest BCUT2D eigenvalue weighted by Gasteiger charge is 2.30. The molecule has 7 heteroatoms. The van der Waals surface area contributed by atoms with Crippen LogP contribution in [0, 0.1) is 0 Å². The summed E-state index contributed by atoms with van der Waals surface area (Å²) in [5.74, 6) is 0.328. The second-order valence-electron chi connectivity index (χ2n) is 4.79. The van der Waals surface area contributed by atoms with Crippen LogP contribution < -0.4 is 0 Å². The number of ether oxygens (including phenoxy) is 1. The van der Waals surface area contributed by atoms with Crippen molar-refractivity contribution < 1.29 is 4.74 Å². The molecule has 6 nitrogen and oxygen atoms in total. The second-order valence-corrected chi connectivity index (χ2v) is 5.77. The lowest BCUT2D eigenvalue weighted by Crippen LogP contribution is -2.35. The zero-order valence-electron chi connectivity index (χ0n) is 11.1. The highest BCUT2D eigenvalue weighted by atomic mass is 32.1. The highest BCUT2D eigenvalue weighted by Crippen LogP contribution is 2.27. The van der Waals surface area contributed by atoms with E-state index in [2.05, 4.69) is 20.2 Å². The molecule has 0 aliphatic carbocycles. The van der Waals surface area contributed by atoms with E-state index < -0.39 is 0 Å². The molecule has 1 aliphatic heterocycles. The van der Waals surface area contributed by atoms with Gasteiger partial charge in [-0.15, -0.1) is 16.4 Å². The Hall–Kier alpha value is -1.31. The number of aryl methyl sites for hydroxylation is 1. The molecule has 19 heavy (non-hydrogen) atoms. The lowest BCUT2D eigenvalue weighted by Gasteiger charge is -2.31. The summed E-state index contributed by atoms with van der Waals surface area (Å²) in [5.41, 5.74) is 2.27. The Morgan fingerprint density at radius 3 is 3.16 bits per heavy atom. The third-order valence-corrected chi connectivity index (χ3v) is 4.16. The van der Waals surface area contributed by atoms with Crippen LogP contribution >= 0.6 is 11.3 Å². The van der Waals surface area contributed by atoms with Crippen LogP contribution in [0.3, 0.4) is 0 Å². The lowest BCUT2D eigenvalue weighted by molar-refractivity contribution is 0.132. The van der Waals surface area contributed by atoms with Crippen molar-refractivity contribution in [2.75, 3.05) is 20.3 Å². The van der Waals surface area contributed by atoms with Gasteiger partial charge in [0.2, 0.25) is 0 Å². The van der Waals surface area contributed by atoms with Gasteiger partial charge in [0.25, 0.3) is 0 Å². The smallest absolute Gasteiger partial charge is 0.107 e. The van der Waals surface area contributed by atoms with Crippen LogP contribution in [0.4, 0.5) is 0 Å². The summed E-state index contributed by atoms with van der Waals surface area (Å²) in [5, 5.41) is 11.6. The lowest BCUT2D eigenvalue weighted by atomic mass is 9.99. The van der Waals surface area contributed by atoms with E-state index in [9.17, 15) is 0 Å². The molecule has 0 aromatic carbocycles. The summed E-state index contributed by atoms with van der Waals surface area (Å²) < 4.78 is 7.21. The summed E-state index contributed by atoms with van der Waals surface area (Å²) in [6.45, 7) is 3.36. The van der Waals surface area contributed by atoms with Gasteiger partial charge in [-0.25, -0.2) is 4.98 Å². The Kier molecular flexibility index (Phi) is 3.58. The Morgan fingerprint density at radius 2 is 2.42 bits per heavy atom. The molecule has 2 aromatic rings. The molecule has 102 valence electrons. The molecule has 1 aliphatic rings. The van der Waals surface area contributed by atoms with Crippen molar-refractivity contribution in [2.45, 2.75) is 19.0 Å². The van der Waals surface area contributed by atoms with Crippen LogP contribution in [0.15, 0.2) is 11.6 Å². The maximum Gasteiger partial charge on any atom is 0.107 e. The van der Waals surface area contributed by atoms with E-state index in [4.69, 9.17) is 4.74 Å². The van der Waals surface area contributed by atoms with Gasteiger partial charge >= 0.3 is 0 Å². The molecule has 3 heterocycles. The zero-order chi connectivity index (χ0) is 13.2. The standard InChI is InChI=1S/C12H17N5OS/c1-16-12-9(8-18-2)5-17(6-10(12)14-15-16)7-11-13-3-4-19-11/h3-4,9H,5-8H2,1-2H3/t9-/m0/s1. The molecule has 0 saturated heterocycles. The van der Waals surface area contributed by atoms with E-state index in [0.717, 1.165) is 30.3 Å². The molecular formula is C12H17N5OS.